The number of nitrogens with zero attached hydrogens (tertiary/aromatic N) is 5. The molecule has 212 valence electrons. The number of hydrogen-bond acceptors (Lipinski definition) is 6. The van der Waals surface area contributed by atoms with Crippen LogP contribution in [0.15, 0.2) is 23.3 Å². The fourth-order valence-corrected chi connectivity index (χ4v) is 5.50. The Hall–Kier alpha value is -4.03. The Kier molecular flexibility index (Phi) is 9.00. The summed E-state index contributed by atoms with van der Waals surface area (Å²) >= 11 is 0. The third kappa shape index (κ3) is 6.93. The number of azide groups is 1. The minimum atomic E-state index is -0.668. The molecule has 0 bridgehead atoms. The largest absolute Gasteiger partial charge is 0.444 e. The number of imide groups is 1. The molecular weight excluding hydrogens is 512 g/mol. The predicted molar refractivity (Wildman–Crippen MR) is 147 cm³/mol. The summed E-state index contributed by atoms with van der Waals surface area (Å²) in [6, 6.07) is 4.71. The molecule has 1 N–H and O–H groups in total. The van der Waals surface area contributed by atoms with Gasteiger partial charge in [-0.2, -0.15) is 0 Å². The lowest BCUT2D eigenvalue weighted by atomic mass is 9.90. The second kappa shape index (κ2) is 12.4. The average molecular weight is 549 g/mol. The topological polar surface area (TPSA) is 145 Å². The van der Waals surface area contributed by atoms with Gasteiger partial charge < -0.3 is 14.5 Å². The van der Waals surface area contributed by atoms with Crippen molar-refractivity contribution in [2.75, 3.05) is 6.54 Å². The van der Waals surface area contributed by atoms with Crippen LogP contribution in [-0.2, 0) is 20.9 Å². The third-order valence-electron chi connectivity index (χ3n) is 7.46. The van der Waals surface area contributed by atoms with Gasteiger partial charge in [-0.25, -0.2) is 4.79 Å². The highest BCUT2D eigenvalue weighted by molar-refractivity contribution is 6.05. The predicted octanol–water partition coefficient (Wildman–Crippen LogP) is 4.44. The summed E-state index contributed by atoms with van der Waals surface area (Å²) in [5.41, 5.74) is 10.2. The van der Waals surface area contributed by atoms with E-state index in [9.17, 15) is 19.2 Å². The maximum Gasteiger partial charge on any atom is 0.410 e. The molecule has 1 saturated heterocycles. The summed E-state index contributed by atoms with van der Waals surface area (Å²) in [7, 11) is 0. The van der Waals surface area contributed by atoms with Crippen LogP contribution in [0.1, 0.15) is 93.6 Å². The van der Waals surface area contributed by atoms with Crippen LogP contribution < -0.4 is 5.32 Å². The zero-order valence-corrected chi connectivity index (χ0v) is 23.3. The van der Waals surface area contributed by atoms with E-state index >= 15 is 0 Å². The van der Waals surface area contributed by atoms with Gasteiger partial charge in [-0.1, -0.05) is 23.0 Å². The molecule has 1 atom stereocenters. The smallest absolute Gasteiger partial charge is 0.410 e. The van der Waals surface area contributed by atoms with Crippen LogP contribution in [0.5, 0.6) is 0 Å². The van der Waals surface area contributed by atoms with Gasteiger partial charge in [0.2, 0.25) is 11.8 Å². The van der Waals surface area contributed by atoms with Gasteiger partial charge in [-0.15, -0.1) is 0 Å². The highest BCUT2D eigenvalue weighted by Crippen LogP contribution is 2.30. The second-order valence-electron chi connectivity index (χ2n) is 11.5. The van der Waals surface area contributed by atoms with Crippen molar-refractivity contribution in [3.8, 4) is 11.8 Å². The minimum Gasteiger partial charge on any atom is -0.444 e. The van der Waals surface area contributed by atoms with Gasteiger partial charge in [-0.05, 0) is 82.5 Å². The van der Waals surface area contributed by atoms with E-state index in [0.717, 1.165) is 36.8 Å². The Balaban J connectivity index is 1.39. The minimum absolute atomic E-state index is 0.0228. The van der Waals surface area contributed by atoms with Crippen molar-refractivity contribution >= 4 is 23.8 Å². The van der Waals surface area contributed by atoms with E-state index in [-0.39, 0.29) is 43.0 Å². The van der Waals surface area contributed by atoms with Crippen molar-refractivity contribution < 1.29 is 23.9 Å². The number of hydrogen-bond donors (Lipinski definition) is 1. The summed E-state index contributed by atoms with van der Waals surface area (Å²) in [5.74, 6) is 5.39. The molecule has 2 heterocycles. The molecule has 1 saturated carbocycles. The van der Waals surface area contributed by atoms with E-state index in [4.69, 9.17) is 10.3 Å². The van der Waals surface area contributed by atoms with Gasteiger partial charge in [0.05, 0.1) is 0 Å². The first-order chi connectivity index (χ1) is 19.1. The highest BCUT2D eigenvalue weighted by Gasteiger charge is 2.39. The fourth-order valence-electron chi connectivity index (χ4n) is 5.50. The second-order valence-corrected chi connectivity index (χ2v) is 11.5. The molecule has 0 spiro atoms. The monoisotopic (exact) mass is 548 g/mol. The number of ether oxygens (including phenoxy) is 1. The van der Waals surface area contributed by atoms with Crippen molar-refractivity contribution in [2.45, 2.75) is 102 Å². The lowest BCUT2D eigenvalue weighted by molar-refractivity contribution is -0.136. The van der Waals surface area contributed by atoms with Crippen molar-refractivity contribution in [3.05, 3.63) is 45.3 Å². The molecule has 4 amide bonds. The van der Waals surface area contributed by atoms with Crippen LogP contribution in [0.3, 0.4) is 0 Å². The fraction of sp³-hybridized carbons (Fsp3) is 0.586. The SMILES string of the molecule is CC(C)(C)OC(=O)N(CCCC#Cc1cccc2c1CN(C1CCC(=O)NC1=O)C2=O)C1CCC(N=[N+]=[N-])CC1. The van der Waals surface area contributed by atoms with Crippen LogP contribution in [0.4, 0.5) is 4.79 Å². The Bertz CT molecular complexity index is 1280. The van der Waals surface area contributed by atoms with Crippen LogP contribution in [0, 0.1) is 11.8 Å². The first-order valence-electron chi connectivity index (χ1n) is 13.9. The Morgan fingerprint density at radius 1 is 1.20 bits per heavy atom. The van der Waals surface area contributed by atoms with Gasteiger partial charge in [0, 0.05) is 54.1 Å². The molecule has 40 heavy (non-hydrogen) atoms. The normalized spacial score (nSPS) is 22.4. The number of benzene rings is 1. The molecule has 11 heteroatoms. The molecule has 4 rings (SSSR count). The Morgan fingerprint density at radius 2 is 1.95 bits per heavy atom. The molecule has 1 unspecified atom stereocenters. The van der Waals surface area contributed by atoms with Crippen molar-refractivity contribution in [1.29, 1.82) is 0 Å². The average Bonchev–Trinajstić information content (AvgIpc) is 3.23. The maximum atomic E-state index is 13.0. The summed E-state index contributed by atoms with van der Waals surface area (Å²) in [6.45, 7) is 6.30. The number of piperidine rings is 1. The molecule has 2 aliphatic heterocycles. The van der Waals surface area contributed by atoms with Gasteiger partial charge >= 0.3 is 6.09 Å². The molecule has 2 fully saturated rings. The number of fused-ring (bicyclic) bond motifs is 1. The van der Waals surface area contributed by atoms with Crippen LogP contribution in [0.25, 0.3) is 10.4 Å². The number of carbonyl (C=O) groups excluding carboxylic acids is 4. The molecule has 0 aromatic heterocycles. The number of nitrogens with one attached hydrogen (secondary N) is 1. The lowest BCUT2D eigenvalue weighted by Gasteiger charge is -2.36. The third-order valence-corrected chi connectivity index (χ3v) is 7.46. The van der Waals surface area contributed by atoms with Crippen molar-refractivity contribution in [1.82, 2.24) is 15.1 Å². The summed E-state index contributed by atoms with van der Waals surface area (Å²) in [5, 5.41) is 6.16. The van der Waals surface area contributed by atoms with E-state index in [2.05, 4.69) is 27.2 Å². The van der Waals surface area contributed by atoms with E-state index in [1.54, 1.807) is 17.0 Å². The van der Waals surface area contributed by atoms with E-state index < -0.39 is 17.6 Å². The molecule has 1 aliphatic carbocycles. The van der Waals surface area contributed by atoms with Gasteiger partial charge in [0.1, 0.15) is 11.6 Å². The standard InChI is InChI=1S/C29H36N6O5/c1-29(2,3)40-28(39)34(21-13-11-20(12-14-21)32-33-30)17-6-4-5-8-19-9-7-10-22-23(19)18-35(27(22)38)24-15-16-25(36)31-26(24)37/h7,9-10,20-21,24H,4,6,11-18H2,1-3H3,(H,31,36,37). The van der Waals surface area contributed by atoms with Gasteiger partial charge in [0.15, 0.2) is 0 Å². The molecule has 3 aliphatic rings. The first kappa shape index (κ1) is 29.0. The summed E-state index contributed by atoms with van der Waals surface area (Å²) in [4.78, 5) is 56.2. The molecule has 1 aromatic rings. The number of carbonyl (C=O) groups is 4. The molecular formula is C29H36N6O5. The number of unbranched alkanes of at least 4 members (excludes halogenated alkanes) is 1. The van der Waals surface area contributed by atoms with Crippen molar-refractivity contribution in [3.63, 3.8) is 0 Å². The van der Waals surface area contributed by atoms with E-state index in [1.807, 2.05) is 26.8 Å². The van der Waals surface area contributed by atoms with E-state index in [0.29, 0.717) is 31.4 Å². The lowest BCUT2D eigenvalue weighted by Crippen LogP contribution is -2.52. The quantitative estimate of drug-likeness (QED) is 0.140. The highest BCUT2D eigenvalue weighted by atomic mass is 16.6. The van der Waals surface area contributed by atoms with Crippen LogP contribution in [0.2, 0.25) is 0 Å². The zero-order chi connectivity index (χ0) is 28.9. The summed E-state index contributed by atoms with van der Waals surface area (Å²) < 4.78 is 5.67. The van der Waals surface area contributed by atoms with Crippen LogP contribution in [-0.4, -0.2) is 63.9 Å². The summed E-state index contributed by atoms with van der Waals surface area (Å²) in [6.07, 6.45) is 4.35. The van der Waals surface area contributed by atoms with Crippen LogP contribution >= 0.6 is 0 Å². The number of rotatable bonds is 6. The Labute approximate surface area is 234 Å². The van der Waals surface area contributed by atoms with Gasteiger partial charge in [-0.3, -0.25) is 19.7 Å². The zero-order valence-electron chi connectivity index (χ0n) is 23.3. The van der Waals surface area contributed by atoms with E-state index in [1.165, 1.54) is 4.90 Å². The maximum absolute atomic E-state index is 13.0. The molecule has 0 radical (unpaired) electrons. The number of amides is 4. The molecule has 1 aromatic carbocycles. The first-order valence-corrected chi connectivity index (χ1v) is 13.9. The molecule has 11 nitrogen and oxygen atoms in total. The van der Waals surface area contributed by atoms with Gasteiger partial charge in [0.25, 0.3) is 5.91 Å². The Morgan fingerprint density at radius 3 is 2.62 bits per heavy atom. The van der Waals surface area contributed by atoms with Crippen molar-refractivity contribution in [2.24, 2.45) is 5.11 Å².